The summed E-state index contributed by atoms with van der Waals surface area (Å²) in [7, 11) is 4.98. The smallest absolute Gasteiger partial charge is 0.373 e. The molecule has 0 amide bonds. The molecule has 0 saturated heterocycles. The molecule has 1 aliphatic carbocycles. The number of carbonyl (C=O) groups excluding carboxylic acids is 1. The van der Waals surface area contributed by atoms with Crippen LogP contribution in [0.15, 0.2) is 16.5 Å². The van der Waals surface area contributed by atoms with Gasteiger partial charge in [-0.05, 0) is 44.9 Å². The Kier molecular flexibility index (Phi) is 4.27. The summed E-state index contributed by atoms with van der Waals surface area (Å²) in [6.45, 7) is 0. The van der Waals surface area contributed by atoms with Crippen LogP contribution in [0.5, 0.6) is 0 Å². The van der Waals surface area contributed by atoms with Crippen LogP contribution in [0.2, 0.25) is 0 Å². The number of carbonyl (C=O) groups is 1. The molecule has 1 unspecified atom stereocenters. The summed E-state index contributed by atoms with van der Waals surface area (Å²) in [6.07, 6.45) is 4.20. The molecule has 1 heterocycles. The first-order valence-electron chi connectivity index (χ1n) is 6.54. The van der Waals surface area contributed by atoms with Crippen LogP contribution in [-0.2, 0) is 9.47 Å². The van der Waals surface area contributed by atoms with Crippen LogP contribution < -0.4 is 5.32 Å². The highest BCUT2D eigenvalue weighted by molar-refractivity contribution is 5.86. The highest BCUT2D eigenvalue weighted by Crippen LogP contribution is 2.41. The zero-order valence-electron chi connectivity index (χ0n) is 11.7. The molecule has 1 aromatic heterocycles. The van der Waals surface area contributed by atoms with Gasteiger partial charge in [0.25, 0.3) is 0 Å². The highest BCUT2D eigenvalue weighted by Gasteiger charge is 2.39. The van der Waals surface area contributed by atoms with Crippen molar-refractivity contribution in [2.75, 3.05) is 21.3 Å². The summed E-state index contributed by atoms with van der Waals surface area (Å²) in [4.78, 5) is 11.4. The quantitative estimate of drug-likeness (QED) is 0.801. The second kappa shape index (κ2) is 5.75. The summed E-state index contributed by atoms with van der Waals surface area (Å²) in [5, 5.41) is 3.22. The Balaban J connectivity index is 2.09. The van der Waals surface area contributed by atoms with Crippen molar-refractivity contribution >= 4 is 5.97 Å². The average Bonchev–Trinajstić information content (AvgIpc) is 2.87. The van der Waals surface area contributed by atoms with Crippen molar-refractivity contribution in [1.29, 1.82) is 0 Å². The number of methoxy groups -OCH3 is 2. The van der Waals surface area contributed by atoms with E-state index in [1.165, 1.54) is 13.5 Å². The molecule has 106 valence electrons. The summed E-state index contributed by atoms with van der Waals surface area (Å²) in [6, 6.07) is 3.50. The van der Waals surface area contributed by atoms with Crippen molar-refractivity contribution in [2.24, 2.45) is 0 Å². The van der Waals surface area contributed by atoms with E-state index in [4.69, 9.17) is 9.15 Å². The number of rotatable bonds is 6. The van der Waals surface area contributed by atoms with E-state index >= 15 is 0 Å². The van der Waals surface area contributed by atoms with Gasteiger partial charge in [0.05, 0.1) is 18.8 Å². The third-order valence-corrected chi connectivity index (χ3v) is 3.98. The maximum absolute atomic E-state index is 11.4. The number of ether oxygens (including phenoxy) is 2. The Hall–Kier alpha value is -1.33. The first kappa shape index (κ1) is 14.1. The number of hydrogen-bond donors (Lipinski definition) is 1. The molecular formula is C14H21NO4. The Morgan fingerprint density at radius 1 is 1.47 bits per heavy atom. The molecule has 0 radical (unpaired) electrons. The third kappa shape index (κ3) is 2.82. The SMILES string of the molecule is CNC(CC1(OC)CCC1)c1ccc(C(=O)OC)o1. The van der Waals surface area contributed by atoms with Crippen molar-refractivity contribution in [1.82, 2.24) is 5.32 Å². The molecular weight excluding hydrogens is 246 g/mol. The van der Waals surface area contributed by atoms with Crippen molar-refractivity contribution < 1.29 is 18.7 Å². The molecule has 0 bridgehead atoms. The molecule has 0 aromatic carbocycles. The second-order valence-corrected chi connectivity index (χ2v) is 4.98. The topological polar surface area (TPSA) is 60.7 Å². The van der Waals surface area contributed by atoms with Gasteiger partial charge in [0.1, 0.15) is 5.76 Å². The Morgan fingerprint density at radius 3 is 2.68 bits per heavy atom. The van der Waals surface area contributed by atoms with Crippen molar-refractivity contribution in [3.8, 4) is 0 Å². The predicted octanol–water partition coefficient (Wildman–Crippen LogP) is 2.29. The van der Waals surface area contributed by atoms with Crippen molar-refractivity contribution in [3.05, 3.63) is 23.7 Å². The molecule has 2 rings (SSSR count). The summed E-state index contributed by atoms with van der Waals surface area (Å²) < 4.78 is 15.8. The first-order chi connectivity index (χ1) is 9.14. The molecule has 19 heavy (non-hydrogen) atoms. The van der Waals surface area contributed by atoms with Crippen LogP contribution in [0.1, 0.15) is 48.0 Å². The Bertz CT molecular complexity index is 431. The summed E-state index contributed by atoms with van der Waals surface area (Å²) in [5.74, 6) is 0.523. The maximum atomic E-state index is 11.4. The first-order valence-corrected chi connectivity index (χ1v) is 6.54. The monoisotopic (exact) mass is 267 g/mol. The maximum Gasteiger partial charge on any atom is 0.373 e. The molecule has 1 saturated carbocycles. The summed E-state index contributed by atoms with van der Waals surface area (Å²) >= 11 is 0. The van der Waals surface area contributed by atoms with Gasteiger partial charge in [0, 0.05) is 7.11 Å². The van der Waals surface area contributed by atoms with E-state index in [2.05, 4.69) is 10.1 Å². The number of hydrogen-bond acceptors (Lipinski definition) is 5. The lowest BCUT2D eigenvalue weighted by atomic mass is 9.75. The van der Waals surface area contributed by atoms with Crippen LogP contribution >= 0.6 is 0 Å². The number of esters is 1. The minimum absolute atomic E-state index is 0.0404. The lowest BCUT2D eigenvalue weighted by Gasteiger charge is -2.42. The zero-order valence-corrected chi connectivity index (χ0v) is 11.7. The van der Waals surface area contributed by atoms with E-state index in [0.29, 0.717) is 0 Å². The molecule has 1 N–H and O–H groups in total. The number of furan rings is 1. The number of nitrogens with one attached hydrogen (secondary N) is 1. The van der Waals surface area contributed by atoms with Crippen molar-refractivity contribution in [2.45, 2.75) is 37.3 Å². The second-order valence-electron chi connectivity index (χ2n) is 4.98. The predicted molar refractivity (Wildman–Crippen MR) is 70.1 cm³/mol. The standard InChI is InChI=1S/C14H21NO4/c1-15-10(9-14(18-3)7-4-8-14)11-5-6-12(19-11)13(16)17-2/h5-6,10,15H,4,7-9H2,1-3H3. The molecule has 1 fully saturated rings. The van der Waals surface area contributed by atoms with Gasteiger partial charge in [-0.3, -0.25) is 0 Å². The fraction of sp³-hybridized carbons (Fsp3) is 0.643. The minimum Gasteiger partial charge on any atom is -0.463 e. The van der Waals surface area contributed by atoms with Gasteiger partial charge in [-0.2, -0.15) is 0 Å². The van der Waals surface area contributed by atoms with Gasteiger partial charge in [-0.1, -0.05) is 0 Å². The average molecular weight is 267 g/mol. The van der Waals surface area contributed by atoms with E-state index in [0.717, 1.165) is 25.0 Å². The van der Waals surface area contributed by atoms with Gasteiger partial charge in [-0.15, -0.1) is 0 Å². The molecule has 1 atom stereocenters. The van der Waals surface area contributed by atoms with Crippen LogP contribution in [0, 0.1) is 0 Å². The largest absolute Gasteiger partial charge is 0.463 e. The van der Waals surface area contributed by atoms with E-state index in [-0.39, 0.29) is 17.4 Å². The van der Waals surface area contributed by atoms with E-state index in [1.807, 2.05) is 13.1 Å². The normalized spacial score (nSPS) is 18.7. The van der Waals surface area contributed by atoms with Gasteiger partial charge in [-0.25, -0.2) is 4.79 Å². The van der Waals surface area contributed by atoms with Crippen molar-refractivity contribution in [3.63, 3.8) is 0 Å². The van der Waals surface area contributed by atoms with Crippen LogP contribution in [-0.4, -0.2) is 32.8 Å². The molecule has 5 heteroatoms. The highest BCUT2D eigenvalue weighted by atomic mass is 16.5. The minimum atomic E-state index is -0.453. The molecule has 0 aliphatic heterocycles. The lowest BCUT2D eigenvalue weighted by Crippen LogP contribution is -2.42. The van der Waals surface area contributed by atoms with Gasteiger partial charge in [0.15, 0.2) is 0 Å². The van der Waals surface area contributed by atoms with Gasteiger partial charge in [0.2, 0.25) is 5.76 Å². The van der Waals surface area contributed by atoms with E-state index in [1.54, 1.807) is 13.2 Å². The molecule has 1 aliphatic rings. The molecule has 5 nitrogen and oxygen atoms in total. The Labute approximate surface area is 113 Å². The Morgan fingerprint density at radius 2 is 2.21 bits per heavy atom. The van der Waals surface area contributed by atoms with E-state index in [9.17, 15) is 4.79 Å². The molecule has 0 spiro atoms. The van der Waals surface area contributed by atoms with Crippen LogP contribution in [0.4, 0.5) is 0 Å². The molecule has 1 aromatic rings. The van der Waals surface area contributed by atoms with Gasteiger partial charge < -0.3 is 19.2 Å². The van der Waals surface area contributed by atoms with Gasteiger partial charge >= 0.3 is 5.97 Å². The lowest BCUT2D eigenvalue weighted by molar-refractivity contribution is -0.0845. The summed E-state index contributed by atoms with van der Waals surface area (Å²) in [5.41, 5.74) is -0.0497. The van der Waals surface area contributed by atoms with Crippen LogP contribution in [0.25, 0.3) is 0 Å². The van der Waals surface area contributed by atoms with Crippen LogP contribution in [0.3, 0.4) is 0 Å². The third-order valence-electron chi connectivity index (χ3n) is 3.98. The fourth-order valence-corrected chi connectivity index (χ4v) is 2.53. The zero-order chi connectivity index (χ0) is 13.9. The van der Waals surface area contributed by atoms with E-state index < -0.39 is 5.97 Å². The fourth-order valence-electron chi connectivity index (χ4n) is 2.53.